The molecule has 3 aliphatic rings. The summed E-state index contributed by atoms with van der Waals surface area (Å²) >= 11 is 14.3. The van der Waals surface area contributed by atoms with Crippen LogP contribution in [0.1, 0.15) is 58.1 Å². The standard InChI is InChI=1S/C43H49Cl2N7O6/c1-26(53)51-18-15-29(16-19-51)52(41(55)58-42(2,3)4)22-28-11-13-34(49-40(28)57-6)31-14-17-46-38(37(31)45)32-9-7-8-30(36(32)44)33-12-10-27(39(48-33)56-5)21-50-24-43(25-50)20-35(54)47-23-43/h7-14,17,29H,15-16,18-25H2,1-6H3,(H,47,54). The lowest BCUT2D eigenvalue weighted by Gasteiger charge is -2.47. The summed E-state index contributed by atoms with van der Waals surface area (Å²) < 4.78 is 17.4. The highest BCUT2D eigenvalue weighted by atomic mass is 35.5. The Morgan fingerprint density at radius 1 is 0.897 bits per heavy atom. The van der Waals surface area contributed by atoms with Crippen LogP contribution in [-0.4, -0.2) is 106 Å². The second-order valence-corrected chi connectivity index (χ2v) is 17.1. The van der Waals surface area contributed by atoms with Crippen LogP contribution in [-0.2, 0) is 27.4 Å². The second-order valence-electron chi connectivity index (χ2n) is 16.4. The molecule has 1 N–H and O–H groups in total. The van der Waals surface area contributed by atoms with Crippen LogP contribution in [0, 0.1) is 5.41 Å². The lowest BCUT2D eigenvalue weighted by atomic mass is 9.79. The van der Waals surface area contributed by atoms with E-state index in [9.17, 15) is 14.4 Å². The number of hydrogen-bond acceptors (Lipinski definition) is 10. The lowest BCUT2D eigenvalue weighted by Crippen LogP contribution is -2.56. The largest absolute Gasteiger partial charge is 0.481 e. The Morgan fingerprint density at radius 2 is 1.52 bits per heavy atom. The van der Waals surface area contributed by atoms with Crippen LogP contribution in [0.15, 0.2) is 54.7 Å². The van der Waals surface area contributed by atoms with Crippen LogP contribution < -0.4 is 14.8 Å². The van der Waals surface area contributed by atoms with Crippen LogP contribution in [0.2, 0.25) is 10.0 Å². The van der Waals surface area contributed by atoms with Gasteiger partial charge in [0.15, 0.2) is 0 Å². The first-order valence-electron chi connectivity index (χ1n) is 19.4. The zero-order chi connectivity index (χ0) is 41.4. The number of hydrogen-bond donors (Lipinski definition) is 1. The summed E-state index contributed by atoms with van der Waals surface area (Å²) in [6.07, 6.45) is 3.05. The van der Waals surface area contributed by atoms with Gasteiger partial charge in [0.1, 0.15) is 5.60 Å². The van der Waals surface area contributed by atoms with Crippen molar-refractivity contribution in [2.24, 2.45) is 5.41 Å². The van der Waals surface area contributed by atoms with E-state index in [1.807, 2.05) is 63.2 Å². The fourth-order valence-corrected chi connectivity index (χ4v) is 8.77. The highest BCUT2D eigenvalue weighted by molar-refractivity contribution is 6.39. The fraction of sp³-hybridized carbons (Fsp3) is 0.442. The molecule has 0 saturated carbocycles. The van der Waals surface area contributed by atoms with E-state index in [0.29, 0.717) is 100 Å². The van der Waals surface area contributed by atoms with Crippen molar-refractivity contribution in [1.29, 1.82) is 0 Å². The summed E-state index contributed by atoms with van der Waals surface area (Å²) in [6.45, 7) is 11.5. The number of carbonyl (C=O) groups is 3. The van der Waals surface area contributed by atoms with Gasteiger partial charge in [-0.2, -0.15) is 0 Å². The molecule has 0 radical (unpaired) electrons. The van der Waals surface area contributed by atoms with Crippen molar-refractivity contribution in [3.8, 4) is 45.5 Å². The predicted octanol–water partition coefficient (Wildman–Crippen LogP) is 7.27. The molecule has 3 amide bonds. The third-order valence-corrected chi connectivity index (χ3v) is 11.8. The Bertz CT molecular complexity index is 2220. The van der Waals surface area contributed by atoms with Gasteiger partial charge in [-0.1, -0.05) is 47.5 Å². The quantitative estimate of drug-likeness (QED) is 0.174. The summed E-state index contributed by atoms with van der Waals surface area (Å²) in [4.78, 5) is 57.5. The molecule has 1 aromatic carbocycles. The van der Waals surface area contributed by atoms with Gasteiger partial charge < -0.3 is 29.3 Å². The van der Waals surface area contributed by atoms with E-state index in [1.165, 1.54) is 7.11 Å². The van der Waals surface area contributed by atoms with E-state index >= 15 is 0 Å². The Labute approximate surface area is 349 Å². The van der Waals surface area contributed by atoms with Gasteiger partial charge in [-0.15, -0.1) is 0 Å². The second kappa shape index (κ2) is 16.7. The molecule has 0 atom stereocenters. The number of pyridine rings is 3. The minimum Gasteiger partial charge on any atom is -0.481 e. The molecule has 3 fully saturated rings. The average Bonchev–Trinajstić information content (AvgIpc) is 3.58. The van der Waals surface area contributed by atoms with Crippen LogP contribution in [0.4, 0.5) is 4.79 Å². The van der Waals surface area contributed by atoms with Crippen molar-refractivity contribution < 1.29 is 28.6 Å². The number of rotatable bonds is 10. The molecule has 0 unspecified atom stereocenters. The van der Waals surface area contributed by atoms with Crippen LogP contribution in [0.25, 0.3) is 33.8 Å². The molecule has 4 aromatic rings. The molecule has 306 valence electrons. The first-order chi connectivity index (χ1) is 27.7. The molecular weight excluding hydrogens is 781 g/mol. The molecule has 58 heavy (non-hydrogen) atoms. The van der Waals surface area contributed by atoms with Gasteiger partial charge in [-0.05, 0) is 57.9 Å². The molecule has 0 bridgehead atoms. The van der Waals surface area contributed by atoms with Crippen molar-refractivity contribution in [3.63, 3.8) is 0 Å². The molecule has 15 heteroatoms. The number of amides is 3. The van der Waals surface area contributed by atoms with Crippen LogP contribution in [0.5, 0.6) is 11.8 Å². The molecule has 3 aromatic heterocycles. The zero-order valence-corrected chi connectivity index (χ0v) is 35.2. The number of carbonyl (C=O) groups excluding carboxylic acids is 3. The number of piperidine rings is 1. The molecule has 7 rings (SSSR count). The number of halogens is 2. The van der Waals surface area contributed by atoms with E-state index in [-0.39, 0.29) is 29.8 Å². The Morgan fingerprint density at radius 3 is 2.12 bits per heavy atom. The Hall–Kier alpha value is -4.98. The number of methoxy groups -OCH3 is 2. The zero-order valence-electron chi connectivity index (χ0n) is 33.7. The van der Waals surface area contributed by atoms with Gasteiger partial charge in [0.25, 0.3) is 0 Å². The lowest BCUT2D eigenvalue weighted by molar-refractivity contribution is -0.130. The van der Waals surface area contributed by atoms with Crippen molar-refractivity contribution in [3.05, 3.63) is 75.9 Å². The Kier molecular flexibility index (Phi) is 11.9. The smallest absolute Gasteiger partial charge is 0.410 e. The molecule has 6 heterocycles. The van der Waals surface area contributed by atoms with Crippen LogP contribution in [0.3, 0.4) is 0 Å². The number of ether oxygens (including phenoxy) is 3. The van der Waals surface area contributed by atoms with Gasteiger partial charge in [-0.25, -0.2) is 14.8 Å². The molecule has 1 spiro atoms. The third-order valence-electron chi connectivity index (χ3n) is 11.0. The van der Waals surface area contributed by atoms with E-state index in [2.05, 4.69) is 15.2 Å². The maximum absolute atomic E-state index is 13.6. The van der Waals surface area contributed by atoms with E-state index < -0.39 is 11.7 Å². The van der Waals surface area contributed by atoms with Crippen molar-refractivity contribution in [2.75, 3.05) is 46.9 Å². The Balaban J connectivity index is 1.12. The maximum Gasteiger partial charge on any atom is 0.410 e. The highest BCUT2D eigenvalue weighted by Gasteiger charge is 2.48. The summed E-state index contributed by atoms with van der Waals surface area (Å²) in [5.74, 6) is 0.991. The number of nitrogens with one attached hydrogen (secondary N) is 1. The van der Waals surface area contributed by atoms with Gasteiger partial charge in [0.2, 0.25) is 23.6 Å². The summed E-state index contributed by atoms with van der Waals surface area (Å²) in [6, 6.07) is 14.9. The third kappa shape index (κ3) is 8.72. The first-order valence-corrected chi connectivity index (χ1v) is 20.2. The van der Waals surface area contributed by atoms with E-state index in [1.54, 1.807) is 36.1 Å². The van der Waals surface area contributed by atoms with E-state index in [0.717, 1.165) is 25.2 Å². The van der Waals surface area contributed by atoms with E-state index in [4.69, 9.17) is 47.4 Å². The SMILES string of the molecule is COc1nc(-c2cccc(-c3nccc(-c4ccc(CN(C(=O)OC(C)(C)C)C5CCN(C(C)=O)CC5)c(OC)n4)c3Cl)c2Cl)ccc1CN1CC2(CNC(=O)C2)C1. The molecule has 3 aliphatic heterocycles. The maximum atomic E-state index is 13.6. The number of benzene rings is 1. The number of likely N-dealkylation sites (tertiary alicyclic amines) is 2. The van der Waals surface area contributed by atoms with Gasteiger partial charge >= 0.3 is 6.09 Å². The van der Waals surface area contributed by atoms with Crippen molar-refractivity contribution >= 4 is 41.1 Å². The first kappa shape index (κ1) is 41.2. The summed E-state index contributed by atoms with van der Waals surface area (Å²) in [5.41, 5.74) is 4.57. The molecule has 0 aliphatic carbocycles. The topological polar surface area (TPSA) is 139 Å². The molecule has 3 saturated heterocycles. The molecular formula is C43H49Cl2N7O6. The van der Waals surface area contributed by atoms with Gasteiger partial charge in [0, 0.05) is 98.1 Å². The van der Waals surface area contributed by atoms with Gasteiger partial charge in [0.05, 0.1) is 47.9 Å². The van der Waals surface area contributed by atoms with Crippen molar-refractivity contribution in [2.45, 2.75) is 71.7 Å². The predicted molar refractivity (Wildman–Crippen MR) is 222 cm³/mol. The molecule has 13 nitrogen and oxygen atoms in total. The van der Waals surface area contributed by atoms with Crippen LogP contribution >= 0.6 is 23.2 Å². The summed E-state index contributed by atoms with van der Waals surface area (Å²) in [7, 11) is 3.14. The normalized spacial score (nSPS) is 16.8. The van der Waals surface area contributed by atoms with Crippen molar-refractivity contribution in [1.82, 2.24) is 35.0 Å². The number of nitrogens with zero attached hydrogens (tertiary/aromatic N) is 6. The monoisotopic (exact) mass is 829 g/mol. The number of aromatic nitrogens is 3. The minimum absolute atomic E-state index is 0.0225. The fourth-order valence-electron chi connectivity index (χ4n) is 8.14. The average molecular weight is 831 g/mol. The minimum atomic E-state index is -0.691. The summed E-state index contributed by atoms with van der Waals surface area (Å²) in [5, 5.41) is 3.73. The van der Waals surface area contributed by atoms with Gasteiger partial charge in [-0.3, -0.25) is 19.5 Å². The highest BCUT2D eigenvalue weighted by Crippen LogP contribution is 2.42.